The van der Waals surface area contributed by atoms with Crippen molar-refractivity contribution in [2.24, 2.45) is 11.7 Å². The van der Waals surface area contributed by atoms with Crippen molar-refractivity contribution in [2.45, 2.75) is 51.5 Å². The zero-order valence-corrected chi connectivity index (χ0v) is 10.9. The van der Waals surface area contributed by atoms with Gasteiger partial charge in [-0.15, -0.1) is 0 Å². The number of hydrogen-bond donors (Lipinski definition) is 2. The van der Waals surface area contributed by atoms with Gasteiger partial charge >= 0.3 is 5.97 Å². The van der Waals surface area contributed by atoms with E-state index in [1.54, 1.807) is 0 Å². The molecule has 0 aliphatic carbocycles. The minimum absolute atomic E-state index is 0.00669. The fourth-order valence-electron chi connectivity index (χ4n) is 2.19. The van der Waals surface area contributed by atoms with E-state index in [0.29, 0.717) is 18.9 Å². The highest BCUT2D eigenvalue weighted by Crippen LogP contribution is 2.15. The van der Waals surface area contributed by atoms with Crippen LogP contribution in [0.4, 0.5) is 0 Å². The molecule has 1 aliphatic heterocycles. The van der Waals surface area contributed by atoms with Gasteiger partial charge in [-0.2, -0.15) is 0 Å². The summed E-state index contributed by atoms with van der Waals surface area (Å²) in [6.07, 6.45) is 5.87. The third-order valence-corrected chi connectivity index (χ3v) is 3.41. The fourth-order valence-corrected chi connectivity index (χ4v) is 2.19. The summed E-state index contributed by atoms with van der Waals surface area (Å²) < 4.78 is 5.22. The monoisotopic (exact) mass is 242 g/mol. The molecule has 3 N–H and O–H groups in total. The van der Waals surface area contributed by atoms with Gasteiger partial charge in [0.05, 0.1) is 0 Å². The van der Waals surface area contributed by atoms with Gasteiger partial charge in [-0.3, -0.25) is 4.79 Å². The first-order valence-electron chi connectivity index (χ1n) is 6.86. The molecule has 4 nitrogen and oxygen atoms in total. The van der Waals surface area contributed by atoms with Gasteiger partial charge in [0.15, 0.2) is 0 Å². The van der Waals surface area contributed by atoms with E-state index in [1.807, 2.05) is 0 Å². The number of piperidine rings is 1. The van der Waals surface area contributed by atoms with Gasteiger partial charge in [0.1, 0.15) is 6.61 Å². The minimum atomic E-state index is -0.0946. The second-order valence-electron chi connectivity index (χ2n) is 4.89. The second-order valence-corrected chi connectivity index (χ2v) is 4.89. The zero-order chi connectivity index (χ0) is 12.5. The molecule has 0 spiro atoms. The van der Waals surface area contributed by atoms with Crippen molar-refractivity contribution in [2.75, 3.05) is 19.7 Å². The Morgan fingerprint density at radius 3 is 2.76 bits per heavy atom. The van der Waals surface area contributed by atoms with Crippen molar-refractivity contribution in [1.29, 1.82) is 0 Å². The zero-order valence-electron chi connectivity index (χ0n) is 10.9. The Labute approximate surface area is 104 Å². The van der Waals surface area contributed by atoms with Crippen LogP contribution in [0.25, 0.3) is 0 Å². The summed E-state index contributed by atoms with van der Waals surface area (Å²) in [4.78, 5) is 11.4. The summed E-state index contributed by atoms with van der Waals surface area (Å²) in [5, 5.41) is 3.31. The molecule has 0 aromatic rings. The number of nitrogens with one attached hydrogen (secondary N) is 1. The Kier molecular flexibility index (Phi) is 7.21. The van der Waals surface area contributed by atoms with E-state index in [2.05, 4.69) is 12.2 Å². The standard InChI is InChI=1S/C13H26N2O2/c1-2-3-4-5-13(16)17-10-12(14)11-6-8-15-9-7-11/h11-12,15H,2-10,14H2,1H3. The Balaban J connectivity index is 2.09. The number of carbonyl (C=O) groups is 1. The summed E-state index contributed by atoms with van der Waals surface area (Å²) in [7, 11) is 0. The molecule has 0 aromatic carbocycles. The third kappa shape index (κ3) is 6.03. The average molecular weight is 242 g/mol. The number of hydrogen-bond acceptors (Lipinski definition) is 4. The lowest BCUT2D eigenvalue weighted by molar-refractivity contribution is -0.144. The van der Waals surface area contributed by atoms with Crippen LogP contribution < -0.4 is 11.1 Å². The van der Waals surface area contributed by atoms with Crippen molar-refractivity contribution in [1.82, 2.24) is 5.32 Å². The van der Waals surface area contributed by atoms with Gasteiger partial charge in [-0.1, -0.05) is 19.8 Å². The minimum Gasteiger partial charge on any atom is -0.464 e. The molecule has 0 amide bonds. The predicted octanol–water partition coefficient (Wildman–Crippen LogP) is 1.44. The van der Waals surface area contributed by atoms with E-state index >= 15 is 0 Å². The molecule has 1 saturated heterocycles. The van der Waals surface area contributed by atoms with Crippen LogP contribution in [0.3, 0.4) is 0 Å². The van der Waals surface area contributed by atoms with Crippen LogP contribution in [0.15, 0.2) is 0 Å². The van der Waals surface area contributed by atoms with Crippen LogP contribution in [0, 0.1) is 5.92 Å². The average Bonchev–Trinajstić information content (AvgIpc) is 2.37. The van der Waals surface area contributed by atoms with Crippen LogP contribution >= 0.6 is 0 Å². The number of carbonyl (C=O) groups excluding carboxylic acids is 1. The molecular weight excluding hydrogens is 216 g/mol. The number of ether oxygens (including phenoxy) is 1. The topological polar surface area (TPSA) is 64.3 Å². The summed E-state index contributed by atoms with van der Waals surface area (Å²) in [5.41, 5.74) is 6.05. The molecule has 1 heterocycles. The molecule has 1 fully saturated rings. The van der Waals surface area contributed by atoms with E-state index in [4.69, 9.17) is 10.5 Å². The molecule has 1 atom stereocenters. The molecule has 4 heteroatoms. The van der Waals surface area contributed by atoms with Crippen LogP contribution in [-0.2, 0) is 9.53 Å². The first-order chi connectivity index (χ1) is 8.24. The van der Waals surface area contributed by atoms with Gasteiger partial charge in [0.25, 0.3) is 0 Å². The Morgan fingerprint density at radius 1 is 1.41 bits per heavy atom. The van der Waals surface area contributed by atoms with Gasteiger partial charge in [-0.05, 0) is 38.3 Å². The molecule has 1 rings (SSSR count). The number of esters is 1. The maximum absolute atomic E-state index is 11.4. The van der Waals surface area contributed by atoms with Crippen molar-refractivity contribution in [3.05, 3.63) is 0 Å². The van der Waals surface area contributed by atoms with Crippen molar-refractivity contribution < 1.29 is 9.53 Å². The van der Waals surface area contributed by atoms with Gasteiger partial charge in [-0.25, -0.2) is 0 Å². The van der Waals surface area contributed by atoms with Crippen LogP contribution in [0.5, 0.6) is 0 Å². The second kappa shape index (κ2) is 8.48. The van der Waals surface area contributed by atoms with Crippen molar-refractivity contribution in [3.63, 3.8) is 0 Å². The quantitative estimate of drug-likeness (QED) is 0.524. The van der Waals surface area contributed by atoms with Crippen molar-refractivity contribution >= 4 is 5.97 Å². The molecule has 100 valence electrons. The Morgan fingerprint density at radius 2 is 2.12 bits per heavy atom. The lowest BCUT2D eigenvalue weighted by atomic mass is 9.91. The van der Waals surface area contributed by atoms with E-state index < -0.39 is 0 Å². The summed E-state index contributed by atoms with van der Waals surface area (Å²) in [6, 6.07) is 0.00669. The summed E-state index contributed by atoms with van der Waals surface area (Å²) in [5.74, 6) is 0.405. The van der Waals surface area contributed by atoms with Crippen molar-refractivity contribution in [3.8, 4) is 0 Å². The third-order valence-electron chi connectivity index (χ3n) is 3.41. The molecule has 1 aliphatic rings. The van der Waals surface area contributed by atoms with Crippen LogP contribution in [0.1, 0.15) is 45.4 Å². The Hall–Kier alpha value is -0.610. The number of nitrogens with two attached hydrogens (primary N) is 1. The van der Waals surface area contributed by atoms with Gasteiger partial charge < -0.3 is 15.8 Å². The normalized spacial score (nSPS) is 18.9. The summed E-state index contributed by atoms with van der Waals surface area (Å²) in [6.45, 7) is 4.57. The highest BCUT2D eigenvalue weighted by molar-refractivity contribution is 5.69. The summed E-state index contributed by atoms with van der Waals surface area (Å²) >= 11 is 0. The lowest BCUT2D eigenvalue weighted by Gasteiger charge is -2.27. The first kappa shape index (κ1) is 14.5. The highest BCUT2D eigenvalue weighted by atomic mass is 16.5. The molecule has 17 heavy (non-hydrogen) atoms. The van der Waals surface area contributed by atoms with E-state index in [0.717, 1.165) is 45.2 Å². The largest absolute Gasteiger partial charge is 0.464 e. The maximum Gasteiger partial charge on any atom is 0.305 e. The van der Waals surface area contributed by atoms with Crippen LogP contribution in [-0.4, -0.2) is 31.7 Å². The molecule has 0 saturated carbocycles. The molecule has 0 radical (unpaired) electrons. The van der Waals surface area contributed by atoms with E-state index in [-0.39, 0.29) is 12.0 Å². The van der Waals surface area contributed by atoms with Crippen LogP contribution in [0.2, 0.25) is 0 Å². The van der Waals surface area contributed by atoms with Gasteiger partial charge in [0.2, 0.25) is 0 Å². The molecule has 1 unspecified atom stereocenters. The van der Waals surface area contributed by atoms with E-state index in [1.165, 1.54) is 0 Å². The Bertz CT molecular complexity index is 215. The first-order valence-corrected chi connectivity index (χ1v) is 6.86. The lowest BCUT2D eigenvalue weighted by Crippen LogP contribution is -2.41. The molecule has 0 bridgehead atoms. The SMILES string of the molecule is CCCCCC(=O)OCC(N)C1CCNCC1. The smallest absolute Gasteiger partial charge is 0.305 e. The predicted molar refractivity (Wildman–Crippen MR) is 68.7 cm³/mol. The number of unbranched alkanes of at least 4 members (excludes halogenated alkanes) is 2. The van der Waals surface area contributed by atoms with Gasteiger partial charge in [0, 0.05) is 12.5 Å². The maximum atomic E-state index is 11.4. The molecule has 0 aromatic heterocycles. The highest BCUT2D eigenvalue weighted by Gasteiger charge is 2.21. The number of rotatable bonds is 7. The molecular formula is C13H26N2O2. The fraction of sp³-hybridized carbons (Fsp3) is 0.923. The van der Waals surface area contributed by atoms with E-state index in [9.17, 15) is 4.79 Å².